The third-order valence-corrected chi connectivity index (χ3v) is 2.77. The quantitative estimate of drug-likeness (QED) is 0.755. The molecule has 1 aliphatic rings. The molecule has 70 valence electrons. The summed E-state index contributed by atoms with van der Waals surface area (Å²) < 4.78 is 0. The Balaban J connectivity index is 1.98. The molecule has 0 saturated heterocycles. The van der Waals surface area contributed by atoms with Crippen molar-refractivity contribution in [3.63, 3.8) is 0 Å². The summed E-state index contributed by atoms with van der Waals surface area (Å²) in [7, 11) is 0. The Morgan fingerprint density at radius 1 is 1.69 bits per heavy atom. The van der Waals surface area contributed by atoms with Crippen molar-refractivity contribution in [2.75, 3.05) is 6.26 Å². The van der Waals surface area contributed by atoms with Gasteiger partial charge >= 0.3 is 0 Å². The van der Waals surface area contributed by atoms with Crippen LogP contribution in [0.3, 0.4) is 0 Å². The molecule has 5 heteroatoms. The van der Waals surface area contributed by atoms with Gasteiger partial charge in [0.25, 0.3) is 0 Å². The van der Waals surface area contributed by atoms with E-state index in [0.717, 1.165) is 12.4 Å². The third kappa shape index (κ3) is 1.80. The molecular weight excluding hydrogens is 184 g/mol. The first-order chi connectivity index (χ1) is 6.40. The van der Waals surface area contributed by atoms with E-state index in [4.69, 9.17) is 0 Å². The van der Waals surface area contributed by atoms with Crippen molar-refractivity contribution in [3.05, 3.63) is 30.6 Å². The van der Waals surface area contributed by atoms with Gasteiger partial charge in [0, 0.05) is 24.8 Å². The number of nitrogens with one attached hydrogen (secondary N) is 2. The molecule has 1 aromatic heterocycles. The second-order valence-electron chi connectivity index (χ2n) is 2.78. The molecule has 2 heterocycles. The first-order valence-corrected chi connectivity index (χ1v) is 5.38. The maximum Gasteiger partial charge on any atom is 0.147 e. The van der Waals surface area contributed by atoms with E-state index < -0.39 is 0 Å². The second-order valence-corrected chi connectivity index (χ2v) is 3.70. The van der Waals surface area contributed by atoms with Gasteiger partial charge in [-0.25, -0.2) is 4.98 Å². The van der Waals surface area contributed by atoms with E-state index in [-0.39, 0.29) is 0 Å². The molecule has 1 aromatic rings. The van der Waals surface area contributed by atoms with Gasteiger partial charge in [0.2, 0.25) is 0 Å². The lowest BCUT2D eigenvalue weighted by Gasteiger charge is -2.22. The summed E-state index contributed by atoms with van der Waals surface area (Å²) in [6.07, 6.45) is 9.71. The fourth-order valence-electron chi connectivity index (χ4n) is 1.29. The van der Waals surface area contributed by atoms with Crippen molar-refractivity contribution < 1.29 is 0 Å². The van der Waals surface area contributed by atoms with E-state index in [2.05, 4.69) is 26.4 Å². The highest BCUT2D eigenvalue weighted by Crippen LogP contribution is 2.16. The highest BCUT2D eigenvalue weighted by molar-refractivity contribution is 7.99. The SMILES string of the molecule is CSC1NC=CN1Cc1ncc[nH]1. The van der Waals surface area contributed by atoms with Crippen molar-refractivity contribution in [2.24, 2.45) is 0 Å². The number of nitrogens with zero attached hydrogens (tertiary/aromatic N) is 2. The summed E-state index contributed by atoms with van der Waals surface area (Å²) in [4.78, 5) is 9.46. The van der Waals surface area contributed by atoms with Gasteiger partial charge in [0.1, 0.15) is 11.3 Å². The predicted molar refractivity (Wildman–Crippen MR) is 53.7 cm³/mol. The Labute approximate surface area is 81.4 Å². The van der Waals surface area contributed by atoms with E-state index in [1.54, 1.807) is 18.0 Å². The zero-order chi connectivity index (χ0) is 9.10. The first-order valence-electron chi connectivity index (χ1n) is 4.09. The fraction of sp³-hybridized carbons (Fsp3) is 0.375. The van der Waals surface area contributed by atoms with Gasteiger partial charge in [-0.05, 0) is 6.26 Å². The van der Waals surface area contributed by atoms with Crippen LogP contribution in [-0.2, 0) is 6.54 Å². The highest BCUT2D eigenvalue weighted by Gasteiger charge is 2.17. The van der Waals surface area contributed by atoms with Crippen LogP contribution in [0.1, 0.15) is 5.82 Å². The molecule has 13 heavy (non-hydrogen) atoms. The molecule has 0 radical (unpaired) electrons. The van der Waals surface area contributed by atoms with Crippen molar-refractivity contribution in [1.82, 2.24) is 20.2 Å². The third-order valence-electron chi connectivity index (χ3n) is 1.92. The van der Waals surface area contributed by atoms with Crippen molar-refractivity contribution in [2.45, 2.75) is 12.0 Å². The van der Waals surface area contributed by atoms with Gasteiger partial charge in [0.05, 0.1) is 6.54 Å². The molecule has 1 unspecified atom stereocenters. The van der Waals surface area contributed by atoms with Crippen LogP contribution in [0, 0.1) is 0 Å². The summed E-state index contributed by atoms with van der Waals surface area (Å²) >= 11 is 1.77. The van der Waals surface area contributed by atoms with E-state index in [0.29, 0.717) is 5.50 Å². The van der Waals surface area contributed by atoms with Crippen LogP contribution in [0.2, 0.25) is 0 Å². The molecular formula is C8H12N4S. The van der Waals surface area contributed by atoms with Gasteiger partial charge < -0.3 is 15.2 Å². The number of imidazole rings is 1. The maximum atomic E-state index is 4.18. The summed E-state index contributed by atoms with van der Waals surface area (Å²) in [5.74, 6) is 0.993. The summed E-state index contributed by atoms with van der Waals surface area (Å²) in [5.41, 5.74) is 0.338. The number of H-pyrrole nitrogens is 1. The van der Waals surface area contributed by atoms with Gasteiger partial charge in [-0.1, -0.05) is 0 Å². The van der Waals surface area contributed by atoms with Crippen LogP contribution >= 0.6 is 11.8 Å². The lowest BCUT2D eigenvalue weighted by atomic mass is 10.5. The Morgan fingerprint density at radius 3 is 3.31 bits per heavy atom. The van der Waals surface area contributed by atoms with Crippen LogP contribution in [0.15, 0.2) is 24.8 Å². The lowest BCUT2D eigenvalue weighted by molar-refractivity contribution is 0.347. The van der Waals surface area contributed by atoms with Crippen LogP contribution in [-0.4, -0.2) is 26.6 Å². The van der Waals surface area contributed by atoms with E-state index >= 15 is 0 Å². The molecule has 1 atom stereocenters. The standard InChI is InChI=1S/C8H12N4S/c1-13-8-11-4-5-12(8)6-7-9-2-3-10-7/h2-5,8,11H,6H2,1H3,(H,9,10). The van der Waals surface area contributed by atoms with Crippen LogP contribution in [0.5, 0.6) is 0 Å². The number of hydrogen-bond donors (Lipinski definition) is 2. The molecule has 0 aromatic carbocycles. The molecule has 2 rings (SSSR count). The molecule has 0 bridgehead atoms. The monoisotopic (exact) mass is 196 g/mol. The van der Waals surface area contributed by atoms with E-state index in [1.807, 2.05) is 18.6 Å². The molecule has 4 nitrogen and oxygen atoms in total. The van der Waals surface area contributed by atoms with Crippen LogP contribution in [0.25, 0.3) is 0 Å². The van der Waals surface area contributed by atoms with Crippen LogP contribution < -0.4 is 5.32 Å². The van der Waals surface area contributed by atoms with Crippen LogP contribution in [0.4, 0.5) is 0 Å². The molecule has 0 spiro atoms. The molecule has 0 saturated carbocycles. The van der Waals surface area contributed by atoms with Gasteiger partial charge in [-0.2, -0.15) is 0 Å². The number of aromatic amines is 1. The summed E-state index contributed by atoms with van der Waals surface area (Å²) in [6, 6.07) is 0. The summed E-state index contributed by atoms with van der Waals surface area (Å²) in [5, 5.41) is 3.24. The molecule has 2 N–H and O–H groups in total. The van der Waals surface area contributed by atoms with Gasteiger partial charge in [-0.3, -0.25) is 0 Å². The summed E-state index contributed by atoms with van der Waals surface area (Å²) in [6.45, 7) is 0.821. The van der Waals surface area contributed by atoms with Gasteiger partial charge in [0.15, 0.2) is 0 Å². The number of rotatable bonds is 3. The van der Waals surface area contributed by atoms with Crippen molar-refractivity contribution in [3.8, 4) is 0 Å². The maximum absolute atomic E-state index is 4.18. The Kier molecular flexibility index (Phi) is 2.44. The molecule has 0 fully saturated rings. The zero-order valence-electron chi connectivity index (χ0n) is 7.40. The molecule has 0 aliphatic carbocycles. The second kappa shape index (κ2) is 3.74. The normalized spacial score (nSPS) is 20.7. The van der Waals surface area contributed by atoms with Gasteiger partial charge in [-0.15, -0.1) is 11.8 Å². The topological polar surface area (TPSA) is 44.0 Å². The lowest BCUT2D eigenvalue weighted by Crippen LogP contribution is -2.31. The zero-order valence-corrected chi connectivity index (χ0v) is 8.21. The number of hydrogen-bond acceptors (Lipinski definition) is 4. The average Bonchev–Trinajstić information content (AvgIpc) is 2.76. The average molecular weight is 196 g/mol. The molecule has 0 amide bonds. The van der Waals surface area contributed by atoms with E-state index in [9.17, 15) is 0 Å². The minimum Gasteiger partial charge on any atom is -0.362 e. The molecule has 1 aliphatic heterocycles. The Bertz CT molecular complexity index is 282. The number of thioether (sulfide) groups is 1. The Morgan fingerprint density at radius 2 is 2.62 bits per heavy atom. The minimum atomic E-state index is 0.338. The van der Waals surface area contributed by atoms with E-state index in [1.165, 1.54) is 0 Å². The predicted octanol–water partition coefficient (Wildman–Crippen LogP) is 0.933. The fourth-order valence-corrected chi connectivity index (χ4v) is 1.92. The van der Waals surface area contributed by atoms with Crippen molar-refractivity contribution in [1.29, 1.82) is 0 Å². The Hall–Kier alpha value is -1.10. The smallest absolute Gasteiger partial charge is 0.147 e. The highest BCUT2D eigenvalue weighted by atomic mass is 32.2. The minimum absolute atomic E-state index is 0.338. The largest absolute Gasteiger partial charge is 0.362 e. The number of aromatic nitrogens is 2. The van der Waals surface area contributed by atoms with Crippen molar-refractivity contribution >= 4 is 11.8 Å². The first kappa shape index (κ1) is 8.50.